The zero-order chi connectivity index (χ0) is 37.0. The van der Waals surface area contributed by atoms with Crippen LogP contribution in [0.4, 0.5) is 5.69 Å². The molecular weight excluding hydrogens is 711 g/mol. The van der Waals surface area contributed by atoms with Crippen molar-refractivity contribution >= 4 is 46.4 Å². The maximum atomic E-state index is 13.2. The molecule has 2 aliphatic heterocycles. The fraction of sp³-hybridized carbons (Fsp3) is 0.268. The molecule has 272 valence electrons. The Morgan fingerprint density at radius 2 is 1.36 bits per heavy atom. The first-order valence-electron chi connectivity index (χ1n) is 17.4. The van der Waals surface area contributed by atoms with Gasteiger partial charge < -0.3 is 29.0 Å². The number of thiocarbonyl (C=S) groups is 1. The molecule has 5 aromatic rings. The van der Waals surface area contributed by atoms with E-state index in [1.54, 1.807) is 31.2 Å². The van der Waals surface area contributed by atoms with Crippen LogP contribution in [-0.2, 0) is 29.3 Å². The number of benzene rings is 4. The van der Waals surface area contributed by atoms with Crippen LogP contribution in [0.1, 0.15) is 69.3 Å². The van der Waals surface area contributed by atoms with Gasteiger partial charge in [0, 0.05) is 5.56 Å². The Morgan fingerprint density at radius 1 is 0.830 bits per heavy atom. The van der Waals surface area contributed by atoms with Gasteiger partial charge in [-0.2, -0.15) is 4.37 Å². The number of esters is 1. The summed E-state index contributed by atoms with van der Waals surface area (Å²) in [6, 6.07) is 39.0. The zero-order valence-electron chi connectivity index (χ0n) is 29.4. The molecule has 2 fully saturated rings. The first-order chi connectivity index (χ1) is 25.7. The number of hydrogen-bond donors (Lipinski definition) is 2. The number of carbonyl (C=O) groups is 2. The molecular formula is C41H39N3O7S2. The highest BCUT2D eigenvalue weighted by Gasteiger charge is 2.57. The Bertz CT molecular complexity index is 1950. The number of anilines is 1. The van der Waals surface area contributed by atoms with E-state index in [1.165, 1.54) is 0 Å². The van der Waals surface area contributed by atoms with Crippen LogP contribution in [0.5, 0.6) is 0 Å². The van der Waals surface area contributed by atoms with Gasteiger partial charge in [0.2, 0.25) is 0 Å². The van der Waals surface area contributed by atoms with Gasteiger partial charge in [-0.05, 0) is 73.3 Å². The van der Waals surface area contributed by atoms with E-state index < -0.39 is 47.7 Å². The highest BCUT2D eigenvalue weighted by Crippen LogP contribution is 2.49. The molecule has 2 N–H and O–H groups in total. The van der Waals surface area contributed by atoms with Crippen molar-refractivity contribution in [2.45, 2.75) is 56.6 Å². The van der Waals surface area contributed by atoms with Gasteiger partial charge in [-0.1, -0.05) is 109 Å². The van der Waals surface area contributed by atoms with Gasteiger partial charge in [-0.25, -0.2) is 4.79 Å². The highest BCUT2D eigenvalue weighted by atomic mass is 32.1. The molecule has 7 rings (SSSR count). The van der Waals surface area contributed by atoms with E-state index in [2.05, 4.69) is 47.0 Å². The maximum absolute atomic E-state index is 13.2. The van der Waals surface area contributed by atoms with E-state index >= 15 is 0 Å². The number of fused-ring (bicyclic) bond motifs is 1. The molecule has 0 radical (unpaired) electrons. The van der Waals surface area contributed by atoms with E-state index in [1.807, 2.05) is 74.5 Å². The number of ether oxygens (including phenoxy) is 5. The molecule has 0 unspecified atom stereocenters. The number of amides is 1. The predicted octanol–water partition coefficient (Wildman–Crippen LogP) is 7.42. The number of rotatable bonds is 11. The van der Waals surface area contributed by atoms with Gasteiger partial charge in [0.25, 0.3) is 5.91 Å². The smallest absolute Gasteiger partial charge is 0.352 e. The molecule has 12 heteroatoms. The van der Waals surface area contributed by atoms with E-state index in [4.69, 9.17) is 40.3 Å². The molecule has 53 heavy (non-hydrogen) atoms. The van der Waals surface area contributed by atoms with Crippen molar-refractivity contribution in [3.05, 3.63) is 154 Å². The molecule has 1 amide bonds. The summed E-state index contributed by atoms with van der Waals surface area (Å²) in [4.78, 5) is 26.3. The van der Waals surface area contributed by atoms with Crippen LogP contribution in [0.3, 0.4) is 0 Å². The van der Waals surface area contributed by atoms with Gasteiger partial charge in [-0.3, -0.25) is 10.1 Å². The minimum Gasteiger partial charge on any atom is -0.462 e. The molecule has 0 bridgehead atoms. The monoisotopic (exact) mass is 749 g/mol. The number of nitrogens with zero attached hydrogens (tertiary/aromatic N) is 1. The predicted molar refractivity (Wildman–Crippen MR) is 205 cm³/mol. The van der Waals surface area contributed by atoms with Gasteiger partial charge in [0.05, 0.1) is 18.9 Å². The topological polar surface area (TPSA) is 117 Å². The summed E-state index contributed by atoms with van der Waals surface area (Å²) >= 11 is 6.51. The summed E-state index contributed by atoms with van der Waals surface area (Å²) < 4.78 is 36.9. The Morgan fingerprint density at radius 3 is 1.91 bits per heavy atom. The normalized spacial score (nSPS) is 20.4. The Kier molecular flexibility index (Phi) is 10.8. The van der Waals surface area contributed by atoms with E-state index in [9.17, 15) is 9.59 Å². The third-order valence-corrected chi connectivity index (χ3v) is 10.2. The van der Waals surface area contributed by atoms with Gasteiger partial charge in [0.1, 0.15) is 35.7 Å². The lowest BCUT2D eigenvalue weighted by atomic mass is 9.80. The second kappa shape index (κ2) is 15.7. The molecule has 2 aliphatic rings. The quantitative estimate of drug-likeness (QED) is 0.0803. The summed E-state index contributed by atoms with van der Waals surface area (Å²) in [5.74, 6) is -1.95. The van der Waals surface area contributed by atoms with Crippen molar-refractivity contribution in [3.8, 4) is 0 Å². The summed E-state index contributed by atoms with van der Waals surface area (Å²) in [6.07, 6.45) is -2.60. The number of nitrogens with one attached hydrogen (secondary N) is 2. The minimum absolute atomic E-state index is 0.0254. The van der Waals surface area contributed by atoms with Gasteiger partial charge in [0.15, 0.2) is 15.8 Å². The van der Waals surface area contributed by atoms with Gasteiger partial charge >= 0.3 is 5.97 Å². The molecule has 0 aliphatic carbocycles. The lowest BCUT2D eigenvalue weighted by Gasteiger charge is -2.37. The summed E-state index contributed by atoms with van der Waals surface area (Å²) in [7, 11) is 0. The van der Waals surface area contributed by atoms with Crippen LogP contribution in [0.25, 0.3) is 0 Å². The van der Waals surface area contributed by atoms with Crippen LogP contribution in [0.2, 0.25) is 0 Å². The first kappa shape index (κ1) is 36.5. The molecule has 0 saturated carbocycles. The lowest BCUT2D eigenvalue weighted by molar-refractivity contribution is -0.196. The third kappa shape index (κ3) is 7.52. The van der Waals surface area contributed by atoms with Crippen molar-refractivity contribution < 1.29 is 33.3 Å². The van der Waals surface area contributed by atoms with E-state index in [0.717, 1.165) is 28.2 Å². The number of carbonyl (C=O) groups excluding carboxylic acids is 2. The highest BCUT2D eigenvalue weighted by molar-refractivity contribution is 7.80. The zero-order valence-corrected chi connectivity index (χ0v) is 31.0. The van der Waals surface area contributed by atoms with Crippen LogP contribution < -0.4 is 10.6 Å². The molecule has 1 aromatic heterocycles. The molecule has 10 nitrogen and oxygen atoms in total. The first-order valence-corrected chi connectivity index (χ1v) is 18.5. The molecule has 0 spiro atoms. The number of hydrogen-bond acceptors (Lipinski definition) is 10. The minimum atomic E-state index is -0.997. The fourth-order valence-electron chi connectivity index (χ4n) is 6.87. The van der Waals surface area contributed by atoms with Crippen LogP contribution in [-0.4, -0.2) is 58.7 Å². The molecule has 3 heterocycles. The second-order valence-electron chi connectivity index (χ2n) is 13.0. The standard InChI is InChI=1S/C41H39N3O7S2/c1-4-47-38(46)36-32(42-39(52)43-37(45)26-17-9-5-10-18-26)31(44-53-36)34-35-33(50-40(2,3)51-35)30(49-34)25-48-41(27-19-11-6-12-20-27,28-21-13-7-14-22-28)29-23-15-8-16-24-29/h5-24,30,33-35H,4,25H2,1-3H3,(H2,42,43,45,52)/t30-,33-,34-,35-/m1/s1. The molecule has 4 aromatic carbocycles. The van der Waals surface area contributed by atoms with E-state index in [0.29, 0.717) is 11.3 Å². The van der Waals surface area contributed by atoms with Gasteiger partial charge in [-0.15, -0.1) is 0 Å². The summed E-state index contributed by atoms with van der Waals surface area (Å²) in [5, 5.41) is 5.72. The molecule has 4 atom stereocenters. The van der Waals surface area contributed by atoms with Crippen molar-refractivity contribution in [3.63, 3.8) is 0 Å². The van der Waals surface area contributed by atoms with Crippen LogP contribution in [0.15, 0.2) is 121 Å². The van der Waals surface area contributed by atoms with Crippen molar-refractivity contribution in [2.75, 3.05) is 18.5 Å². The van der Waals surface area contributed by atoms with Crippen molar-refractivity contribution in [1.29, 1.82) is 0 Å². The second-order valence-corrected chi connectivity index (χ2v) is 14.2. The molecule has 2 saturated heterocycles. The Balaban J connectivity index is 1.23. The van der Waals surface area contributed by atoms with E-state index in [-0.39, 0.29) is 28.9 Å². The largest absolute Gasteiger partial charge is 0.462 e. The Labute approximate surface area is 317 Å². The SMILES string of the molecule is CCOC(=O)c1snc([C@H]2O[C@H](COC(c3ccccc3)(c3ccccc3)c3ccccc3)[C@H]3OC(C)(C)O[C@H]32)c1NC(=S)NC(=O)c1ccccc1. The average Bonchev–Trinajstić information content (AvgIpc) is 3.84. The average molecular weight is 750 g/mol. The lowest BCUT2D eigenvalue weighted by Crippen LogP contribution is -2.39. The van der Waals surface area contributed by atoms with Crippen molar-refractivity contribution in [1.82, 2.24) is 9.69 Å². The van der Waals surface area contributed by atoms with Crippen LogP contribution in [0, 0.1) is 0 Å². The van der Waals surface area contributed by atoms with Crippen molar-refractivity contribution in [2.24, 2.45) is 0 Å². The maximum Gasteiger partial charge on any atom is 0.352 e. The fourth-order valence-corrected chi connectivity index (χ4v) is 7.83. The Hall–Kier alpha value is -4.82. The summed E-state index contributed by atoms with van der Waals surface area (Å²) in [5.41, 5.74) is 2.90. The third-order valence-electron chi connectivity index (χ3n) is 9.11. The van der Waals surface area contributed by atoms with Crippen LogP contribution >= 0.6 is 23.8 Å². The summed E-state index contributed by atoms with van der Waals surface area (Å²) in [6.45, 7) is 5.68. The number of aromatic nitrogens is 1.